The van der Waals surface area contributed by atoms with Crippen LogP contribution in [-0.2, 0) is 6.42 Å². The van der Waals surface area contributed by atoms with Gasteiger partial charge in [-0.3, -0.25) is 4.79 Å². The molecule has 1 aliphatic carbocycles. The molecule has 0 unspecified atom stereocenters. The van der Waals surface area contributed by atoms with Crippen molar-refractivity contribution in [1.82, 2.24) is 15.3 Å². The number of nitrogens with one attached hydrogen (secondary N) is 2. The normalized spacial score (nSPS) is 14.8. The van der Waals surface area contributed by atoms with Crippen molar-refractivity contribution in [2.75, 3.05) is 19.5 Å². The van der Waals surface area contributed by atoms with Gasteiger partial charge < -0.3 is 20.1 Å². The van der Waals surface area contributed by atoms with Crippen LogP contribution in [0.5, 0.6) is 11.5 Å². The minimum atomic E-state index is -0.129. The van der Waals surface area contributed by atoms with Crippen molar-refractivity contribution < 1.29 is 14.3 Å². The van der Waals surface area contributed by atoms with Crippen LogP contribution in [0.3, 0.4) is 0 Å². The highest BCUT2D eigenvalue weighted by Gasteiger charge is 2.26. The van der Waals surface area contributed by atoms with Gasteiger partial charge in [0.2, 0.25) is 5.95 Å². The number of aryl methyl sites for hydroxylation is 1. The van der Waals surface area contributed by atoms with Gasteiger partial charge in [-0.05, 0) is 60.4 Å². The summed E-state index contributed by atoms with van der Waals surface area (Å²) in [5, 5.41) is 6.24. The van der Waals surface area contributed by atoms with Crippen LogP contribution in [0.15, 0.2) is 54.9 Å². The van der Waals surface area contributed by atoms with Crippen LogP contribution in [0.2, 0.25) is 0 Å². The minimum Gasteiger partial charge on any atom is -0.493 e. The summed E-state index contributed by atoms with van der Waals surface area (Å²) in [7, 11) is 3.24. The van der Waals surface area contributed by atoms with E-state index in [0.29, 0.717) is 23.0 Å². The number of nitrogens with zero attached hydrogens (tertiary/aromatic N) is 2. The number of anilines is 2. The van der Waals surface area contributed by atoms with Crippen LogP contribution < -0.4 is 20.1 Å². The van der Waals surface area contributed by atoms with E-state index >= 15 is 0 Å². The second-order valence-electron chi connectivity index (χ2n) is 6.75. The van der Waals surface area contributed by atoms with E-state index in [1.807, 2.05) is 24.3 Å². The zero-order valence-electron chi connectivity index (χ0n) is 16.3. The Balaban J connectivity index is 1.51. The van der Waals surface area contributed by atoms with Gasteiger partial charge in [-0.15, -0.1) is 0 Å². The molecule has 29 heavy (non-hydrogen) atoms. The molecule has 0 spiro atoms. The Labute approximate surface area is 169 Å². The number of hydrogen-bond acceptors (Lipinski definition) is 6. The molecule has 7 nitrogen and oxygen atoms in total. The number of aromatic nitrogens is 2. The third-order valence-electron chi connectivity index (χ3n) is 4.98. The fourth-order valence-corrected chi connectivity index (χ4v) is 3.56. The zero-order chi connectivity index (χ0) is 20.2. The number of fused-ring (bicyclic) bond motifs is 1. The van der Waals surface area contributed by atoms with Crippen LogP contribution in [0, 0.1) is 0 Å². The fourth-order valence-electron chi connectivity index (χ4n) is 3.56. The number of benzene rings is 2. The van der Waals surface area contributed by atoms with Crippen molar-refractivity contribution in [2.45, 2.75) is 18.9 Å². The average Bonchev–Trinajstić information content (AvgIpc) is 3.15. The minimum absolute atomic E-state index is 0.0635. The van der Waals surface area contributed by atoms with Gasteiger partial charge in [-0.2, -0.15) is 0 Å². The molecule has 0 fully saturated rings. The molecule has 148 valence electrons. The highest BCUT2D eigenvalue weighted by molar-refractivity contribution is 5.95. The molecule has 3 aromatic rings. The van der Waals surface area contributed by atoms with E-state index in [-0.39, 0.29) is 11.9 Å². The predicted octanol–water partition coefficient (Wildman–Crippen LogP) is 3.65. The summed E-state index contributed by atoms with van der Waals surface area (Å²) in [4.78, 5) is 21.2. The predicted molar refractivity (Wildman–Crippen MR) is 110 cm³/mol. The van der Waals surface area contributed by atoms with Gasteiger partial charge in [-0.25, -0.2) is 9.97 Å². The van der Waals surface area contributed by atoms with E-state index < -0.39 is 0 Å². The molecule has 2 N–H and O–H groups in total. The molecule has 2 aromatic carbocycles. The van der Waals surface area contributed by atoms with Crippen molar-refractivity contribution >= 4 is 17.5 Å². The molecule has 1 amide bonds. The van der Waals surface area contributed by atoms with Crippen LogP contribution in [0.1, 0.15) is 33.9 Å². The molecule has 0 bridgehead atoms. The Kier molecular flexibility index (Phi) is 5.29. The van der Waals surface area contributed by atoms with E-state index in [9.17, 15) is 4.79 Å². The zero-order valence-corrected chi connectivity index (χ0v) is 16.3. The third-order valence-corrected chi connectivity index (χ3v) is 4.98. The Morgan fingerprint density at radius 3 is 2.55 bits per heavy atom. The third kappa shape index (κ3) is 3.99. The van der Waals surface area contributed by atoms with E-state index in [1.165, 1.54) is 5.56 Å². The Bertz CT molecular complexity index is 1020. The second kappa shape index (κ2) is 8.18. The molecular weight excluding hydrogens is 368 g/mol. The number of methoxy groups -OCH3 is 2. The SMILES string of the molecule is COc1cc2c(cc1OC)[C@H](NC(=O)c1cccc(Nc3ncccn3)c1)CC2. The number of ether oxygens (including phenoxy) is 2. The molecule has 0 saturated heterocycles. The summed E-state index contributed by atoms with van der Waals surface area (Å²) in [5.41, 5.74) is 3.56. The molecular formula is C22H22N4O3. The maximum Gasteiger partial charge on any atom is 0.251 e. The van der Waals surface area contributed by atoms with Gasteiger partial charge in [0.05, 0.1) is 20.3 Å². The summed E-state index contributed by atoms with van der Waals surface area (Å²) < 4.78 is 10.8. The quantitative estimate of drug-likeness (QED) is 0.668. The molecule has 4 rings (SSSR count). The summed E-state index contributed by atoms with van der Waals surface area (Å²) in [6.45, 7) is 0. The average molecular weight is 390 g/mol. The Morgan fingerprint density at radius 2 is 1.79 bits per heavy atom. The molecule has 7 heteroatoms. The smallest absolute Gasteiger partial charge is 0.251 e. The summed E-state index contributed by atoms with van der Waals surface area (Å²) in [6, 6.07) is 12.9. The van der Waals surface area contributed by atoms with Crippen molar-refractivity contribution in [3.8, 4) is 11.5 Å². The van der Waals surface area contributed by atoms with Gasteiger partial charge in [0.1, 0.15) is 0 Å². The molecule has 1 aliphatic rings. The summed E-state index contributed by atoms with van der Waals surface area (Å²) in [5.74, 6) is 1.73. The van der Waals surface area contributed by atoms with Crippen molar-refractivity contribution in [3.05, 3.63) is 71.5 Å². The van der Waals surface area contributed by atoms with Gasteiger partial charge >= 0.3 is 0 Å². The van der Waals surface area contributed by atoms with Crippen LogP contribution in [0.4, 0.5) is 11.6 Å². The van der Waals surface area contributed by atoms with Gasteiger partial charge in [0, 0.05) is 23.6 Å². The van der Waals surface area contributed by atoms with E-state index in [4.69, 9.17) is 9.47 Å². The molecule has 1 atom stereocenters. The van der Waals surface area contributed by atoms with Crippen molar-refractivity contribution in [1.29, 1.82) is 0 Å². The standard InChI is InChI=1S/C22H22N4O3/c1-28-19-12-14-7-8-18(17(14)13-20(19)29-2)26-21(27)15-5-3-6-16(11-15)25-22-23-9-4-10-24-22/h3-6,9-13,18H,7-8H2,1-2H3,(H,26,27)(H,23,24,25)/t18-/m1/s1. The van der Waals surface area contributed by atoms with Crippen LogP contribution >= 0.6 is 0 Å². The second-order valence-corrected chi connectivity index (χ2v) is 6.75. The van der Waals surface area contributed by atoms with Crippen molar-refractivity contribution in [2.24, 2.45) is 0 Å². The van der Waals surface area contributed by atoms with E-state index in [2.05, 4.69) is 20.6 Å². The maximum absolute atomic E-state index is 12.9. The number of amides is 1. The lowest BCUT2D eigenvalue weighted by Crippen LogP contribution is -2.27. The Morgan fingerprint density at radius 1 is 1.03 bits per heavy atom. The molecule has 0 aliphatic heterocycles. The summed E-state index contributed by atoms with van der Waals surface area (Å²) in [6.07, 6.45) is 5.04. The topological polar surface area (TPSA) is 85.4 Å². The largest absolute Gasteiger partial charge is 0.493 e. The van der Waals surface area contributed by atoms with Crippen LogP contribution in [0.25, 0.3) is 0 Å². The lowest BCUT2D eigenvalue weighted by molar-refractivity contribution is 0.0936. The number of carbonyl (C=O) groups excluding carboxylic acids is 1. The van der Waals surface area contributed by atoms with E-state index in [0.717, 1.165) is 24.1 Å². The van der Waals surface area contributed by atoms with Crippen molar-refractivity contribution in [3.63, 3.8) is 0 Å². The van der Waals surface area contributed by atoms with Gasteiger partial charge in [-0.1, -0.05) is 6.07 Å². The maximum atomic E-state index is 12.9. The first-order chi connectivity index (χ1) is 14.2. The molecule has 1 aromatic heterocycles. The molecule has 0 radical (unpaired) electrons. The van der Waals surface area contributed by atoms with Crippen LogP contribution in [-0.4, -0.2) is 30.1 Å². The Hall–Kier alpha value is -3.61. The lowest BCUT2D eigenvalue weighted by atomic mass is 10.1. The number of hydrogen-bond donors (Lipinski definition) is 2. The first-order valence-corrected chi connectivity index (χ1v) is 9.37. The fraction of sp³-hybridized carbons (Fsp3) is 0.227. The van der Waals surface area contributed by atoms with E-state index in [1.54, 1.807) is 44.8 Å². The number of rotatable bonds is 6. The van der Waals surface area contributed by atoms with Gasteiger partial charge in [0.25, 0.3) is 5.91 Å². The number of carbonyl (C=O) groups is 1. The lowest BCUT2D eigenvalue weighted by Gasteiger charge is -2.16. The first kappa shape index (κ1) is 18.7. The highest BCUT2D eigenvalue weighted by Crippen LogP contribution is 2.39. The molecule has 1 heterocycles. The first-order valence-electron chi connectivity index (χ1n) is 9.37. The summed E-state index contributed by atoms with van der Waals surface area (Å²) >= 11 is 0. The van der Waals surface area contributed by atoms with Gasteiger partial charge in [0.15, 0.2) is 11.5 Å². The highest BCUT2D eigenvalue weighted by atomic mass is 16.5. The molecule has 0 saturated carbocycles. The monoisotopic (exact) mass is 390 g/mol.